The predicted molar refractivity (Wildman–Crippen MR) is 74.4 cm³/mol. The monoisotopic (exact) mass is 312 g/mol. The average molecular weight is 313 g/mol. The Bertz CT molecular complexity index is 474. The molecule has 2 rings (SSSR count). The van der Waals surface area contributed by atoms with Gasteiger partial charge in [0.25, 0.3) is 5.69 Å². The zero-order valence-electron chi connectivity index (χ0n) is 10.6. The van der Waals surface area contributed by atoms with Crippen LogP contribution in [0.15, 0.2) is 22.7 Å². The van der Waals surface area contributed by atoms with Crippen LogP contribution in [0.4, 0.5) is 5.69 Å². The minimum Gasteiger partial charge on any atom is -0.312 e. The van der Waals surface area contributed by atoms with Gasteiger partial charge < -0.3 is 5.32 Å². The van der Waals surface area contributed by atoms with Crippen LogP contribution in [-0.2, 0) is 6.54 Å². The first-order chi connectivity index (χ1) is 8.40. The fourth-order valence-corrected chi connectivity index (χ4v) is 2.51. The van der Waals surface area contributed by atoms with Crippen LogP contribution in [-0.4, -0.2) is 11.5 Å². The summed E-state index contributed by atoms with van der Waals surface area (Å²) in [6.07, 6.45) is 1.24. The molecule has 4 nitrogen and oxygen atoms in total. The number of nitro benzene ring substituents is 1. The number of hydrogen-bond donors (Lipinski definition) is 1. The van der Waals surface area contributed by atoms with Crippen molar-refractivity contribution in [3.63, 3.8) is 0 Å². The van der Waals surface area contributed by atoms with Gasteiger partial charge in [0.15, 0.2) is 0 Å². The summed E-state index contributed by atoms with van der Waals surface area (Å²) >= 11 is 3.26. The van der Waals surface area contributed by atoms with E-state index in [0.717, 1.165) is 16.6 Å². The molecule has 0 amide bonds. The minimum absolute atomic E-state index is 0.173. The summed E-state index contributed by atoms with van der Waals surface area (Å²) < 4.78 is 0.737. The Morgan fingerprint density at radius 1 is 1.56 bits per heavy atom. The van der Waals surface area contributed by atoms with E-state index in [0.29, 0.717) is 17.9 Å². The highest BCUT2D eigenvalue weighted by molar-refractivity contribution is 9.10. The van der Waals surface area contributed by atoms with Gasteiger partial charge in [-0.15, -0.1) is 0 Å². The van der Waals surface area contributed by atoms with E-state index < -0.39 is 0 Å². The Labute approximate surface area is 115 Å². The number of hydrogen-bond acceptors (Lipinski definition) is 3. The van der Waals surface area contributed by atoms with Crippen LogP contribution in [0, 0.1) is 21.4 Å². The summed E-state index contributed by atoms with van der Waals surface area (Å²) in [4.78, 5) is 10.6. The highest BCUT2D eigenvalue weighted by Gasteiger charge is 2.44. The second-order valence-electron chi connectivity index (χ2n) is 5.55. The molecule has 1 aromatic rings. The van der Waals surface area contributed by atoms with Gasteiger partial charge in [-0.3, -0.25) is 10.1 Å². The Balaban J connectivity index is 1.95. The van der Waals surface area contributed by atoms with Crippen molar-refractivity contribution < 1.29 is 4.92 Å². The molecule has 0 spiro atoms. The lowest BCUT2D eigenvalue weighted by Crippen LogP contribution is -2.18. The van der Waals surface area contributed by atoms with Gasteiger partial charge in [-0.1, -0.05) is 29.8 Å². The van der Waals surface area contributed by atoms with Crippen molar-refractivity contribution in [2.75, 3.05) is 6.54 Å². The molecule has 0 aromatic heterocycles. The lowest BCUT2D eigenvalue weighted by Gasteiger charge is -2.07. The summed E-state index contributed by atoms with van der Waals surface area (Å²) in [5.41, 5.74) is 1.35. The highest BCUT2D eigenvalue weighted by atomic mass is 79.9. The maximum Gasteiger partial charge on any atom is 0.275 e. The Morgan fingerprint density at radius 3 is 2.78 bits per heavy atom. The zero-order valence-corrected chi connectivity index (χ0v) is 12.2. The first kappa shape index (κ1) is 13.5. The predicted octanol–water partition coefficient (Wildman–Crippen LogP) is 3.49. The number of nitro groups is 1. The molecule has 18 heavy (non-hydrogen) atoms. The van der Waals surface area contributed by atoms with E-state index >= 15 is 0 Å². The average Bonchev–Trinajstić information content (AvgIpc) is 2.88. The van der Waals surface area contributed by atoms with E-state index in [1.165, 1.54) is 6.42 Å². The second-order valence-corrected chi connectivity index (χ2v) is 6.47. The SMILES string of the molecule is CC1(C)CC1CNCc1ccc(Br)cc1[N+](=O)[O-]. The van der Waals surface area contributed by atoms with Gasteiger partial charge in [-0.05, 0) is 36.4 Å². The lowest BCUT2D eigenvalue weighted by atomic mass is 10.1. The molecule has 1 aliphatic rings. The molecule has 1 fully saturated rings. The van der Waals surface area contributed by atoms with Gasteiger partial charge in [0, 0.05) is 22.6 Å². The van der Waals surface area contributed by atoms with Crippen molar-refractivity contribution in [2.24, 2.45) is 11.3 Å². The third-order valence-corrected chi connectivity index (χ3v) is 4.16. The van der Waals surface area contributed by atoms with Gasteiger partial charge in [0.2, 0.25) is 0 Å². The second kappa shape index (κ2) is 4.97. The number of halogens is 1. The third-order valence-electron chi connectivity index (χ3n) is 3.67. The lowest BCUT2D eigenvalue weighted by molar-refractivity contribution is -0.385. The van der Waals surface area contributed by atoms with E-state index in [1.807, 2.05) is 6.07 Å². The smallest absolute Gasteiger partial charge is 0.275 e. The number of nitrogens with zero attached hydrogens (tertiary/aromatic N) is 1. The van der Waals surface area contributed by atoms with Crippen LogP contribution >= 0.6 is 15.9 Å². The van der Waals surface area contributed by atoms with E-state index in [1.54, 1.807) is 12.1 Å². The molecule has 0 saturated heterocycles. The summed E-state index contributed by atoms with van der Waals surface area (Å²) in [6.45, 7) is 5.99. The van der Waals surface area contributed by atoms with E-state index in [2.05, 4.69) is 35.1 Å². The molecule has 0 radical (unpaired) electrons. The summed E-state index contributed by atoms with van der Waals surface area (Å²) in [7, 11) is 0. The first-order valence-electron chi connectivity index (χ1n) is 6.04. The molecule has 98 valence electrons. The summed E-state index contributed by atoms with van der Waals surface area (Å²) in [5.74, 6) is 0.701. The van der Waals surface area contributed by atoms with E-state index in [-0.39, 0.29) is 10.6 Å². The van der Waals surface area contributed by atoms with Crippen molar-refractivity contribution in [2.45, 2.75) is 26.8 Å². The molecule has 0 aliphatic heterocycles. The van der Waals surface area contributed by atoms with E-state index in [4.69, 9.17) is 0 Å². The Hall–Kier alpha value is -0.940. The molecule has 1 atom stereocenters. The third kappa shape index (κ3) is 3.09. The number of benzene rings is 1. The summed E-state index contributed by atoms with van der Waals surface area (Å²) in [6, 6.07) is 5.19. The number of rotatable bonds is 5. The van der Waals surface area contributed by atoms with Crippen LogP contribution in [0.5, 0.6) is 0 Å². The number of nitrogens with one attached hydrogen (secondary N) is 1. The molecule has 1 N–H and O–H groups in total. The summed E-state index contributed by atoms with van der Waals surface area (Å²) in [5, 5.41) is 14.3. The van der Waals surface area contributed by atoms with Gasteiger partial charge in [0.05, 0.1) is 4.92 Å². The molecule has 1 aliphatic carbocycles. The molecule has 5 heteroatoms. The quantitative estimate of drug-likeness (QED) is 0.669. The van der Waals surface area contributed by atoms with Crippen LogP contribution in [0.25, 0.3) is 0 Å². The molecular weight excluding hydrogens is 296 g/mol. The maximum absolute atomic E-state index is 10.9. The fourth-order valence-electron chi connectivity index (χ4n) is 2.16. The van der Waals surface area contributed by atoms with Crippen LogP contribution in [0.1, 0.15) is 25.8 Å². The standard InChI is InChI=1S/C13H17BrN2O2/c1-13(2)6-10(13)8-15-7-9-3-4-11(14)5-12(9)16(17)18/h3-5,10,15H,6-8H2,1-2H3. The van der Waals surface area contributed by atoms with Crippen LogP contribution in [0.3, 0.4) is 0 Å². The Kier molecular flexibility index (Phi) is 3.73. The van der Waals surface area contributed by atoms with Crippen molar-refractivity contribution >= 4 is 21.6 Å². The van der Waals surface area contributed by atoms with Crippen LogP contribution < -0.4 is 5.32 Å². The van der Waals surface area contributed by atoms with Crippen molar-refractivity contribution in [3.8, 4) is 0 Å². The molecule has 1 unspecified atom stereocenters. The first-order valence-corrected chi connectivity index (χ1v) is 6.83. The van der Waals surface area contributed by atoms with E-state index in [9.17, 15) is 10.1 Å². The van der Waals surface area contributed by atoms with Crippen molar-refractivity contribution in [1.82, 2.24) is 5.32 Å². The van der Waals surface area contributed by atoms with Gasteiger partial charge >= 0.3 is 0 Å². The zero-order chi connectivity index (χ0) is 13.3. The molecular formula is C13H17BrN2O2. The van der Waals surface area contributed by atoms with Gasteiger partial charge in [-0.25, -0.2) is 0 Å². The fraction of sp³-hybridized carbons (Fsp3) is 0.538. The van der Waals surface area contributed by atoms with Crippen LogP contribution in [0.2, 0.25) is 0 Å². The normalized spacial score (nSPS) is 20.7. The highest BCUT2D eigenvalue weighted by Crippen LogP contribution is 2.51. The molecule has 1 saturated carbocycles. The largest absolute Gasteiger partial charge is 0.312 e. The van der Waals surface area contributed by atoms with Crippen molar-refractivity contribution in [1.29, 1.82) is 0 Å². The topological polar surface area (TPSA) is 55.2 Å². The van der Waals surface area contributed by atoms with Crippen molar-refractivity contribution in [3.05, 3.63) is 38.3 Å². The molecule has 0 bridgehead atoms. The van der Waals surface area contributed by atoms with Gasteiger partial charge in [0.1, 0.15) is 0 Å². The minimum atomic E-state index is -0.331. The molecule has 0 heterocycles. The maximum atomic E-state index is 10.9. The molecule has 1 aromatic carbocycles. The Morgan fingerprint density at radius 2 is 2.22 bits per heavy atom. The van der Waals surface area contributed by atoms with Gasteiger partial charge in [-0.2, -0.15) is 0 Å².